The molecule has 3 N–H and O–H groups in total. The first-order valence-electron chi connectivity index (χ1n) is 4.97. The Kier molecular flexibility index (Phi) is 5.12. The van der Waals surface area contributed by atoms with Crippen molar-refractivity contribution in [1.82, 2.24) is 5.43 Å². The summed E-state index contributed by atoms with van der Waals surface area (Å²) in [7, 11) is 0. The third-order valence-electron chi connectivity index (χ3n) is 2.08. The molecule has 0 aliphatic rings. The Morgan fingerprint density at radius 2 is 1.94 bits per heavy atom. The molecule has 0 bridgehead atoms. The van der Waals surface area contributed by atoms with Gasteiger partial charge in [-0.2, -0.15) is 0 Å². The normalized spacial score (nSPS) is 12.6. The quantitative estimate of drug-likeness (QED) is 0.378. The zero-order chi connectivity index (χ0) is 12.1. The fourth-order valence-electron chi connectivity index (χ4n) is 1.23. The molecule has 1 unspecified atom stereocenters. The summed E-state index contributed by atoms with van der Waals surface area (Å²) in [5.74, 6) is 5.21. The molecular formula is C11H15ClN2OS. The van der Waals surface area contributed by atoms with Gasteiger partial charge in [0.15, 0.2) is 0 Å². The molecule has 0 saturated carbocycles. The molecule has 16 heavy (non-hydrogen) atoms. The lowest BCUT2D eigenvalue weighted by Gasteiger charge is -2.18. The van der Waals surface area contributed by atoms with Crippen molar-refractivity contribution in [2.45, 2.75) is 24.0 Å². The Hall–Kier alpha value is -0.710. The molecule has 0 aromatic heterocycles. The Labute approximate surface area is 105 Å². The van der Waals surface area contributed by atoms with Crippen LogP contribution in [0.2, 0.25) is 5.02 Å². The van der Waals surface area contributed by atoms with E-state index in [2.05, 4.69) is 5.43 Å². The lowest BCUT2D eigenvalue weighted by Crippen LogP contribution is -2.39. The molecule has 0 heterocycles. The SMILES string of the molecule is CC(C)C(Sc1ccc(Cl)cc1)C(=O)NN. The minimum Gasteiger partial charge on any atom is -0.293 e. The van der Waals surface area contributed by atoms with Crippen LogP contribution in [0.25, 0.3) is 0 Å². The summed E-state index contributed by atoms with van der Waals surface area (Å²) in [5, 5.41) is 0.500. The maximum atomic E-state index is 11.5. The van der Waals surface area contributed by atoms with Crippen LogP contribution in [0.15, 0.2) is 29.2 Å². The zero-order valence-corrected chi connectivity index (χ0v) is 10.8. The summed E-state index contributed by atoms with van der Waals surface area (Å²) in [6.07, 6.45) is 0. The fraction of sp³-hybridized carbons (Fsp3) is 0.364. The van der Waals surface area contributed by atoms with Crippen LogP contribution in [-0.4, -0.2) is 11.2 Å². The first-order chi connectivity index (χ1) is 7.54. The molecule has 88 valence electrons. The summed E-state index contributed by atoms with van der Waals surface area (Å²) < 4.78 is 0. The summed E-state index contributed by atoms with van der Waals surface area (Å²) in [6, 6.07) is 7.40. The number of hydrogen-bond donors (Lipinski definition) is 2. The van der Waals surface area contributed by atoms with Gasteiger partial charge in [-0.3, -0.25) is 10.2 Å². The van der Waals surface area contributed by atoms with Crippen molar-refractivity contribution in [2.75, 3.05) is 0 Å². The molecule has 0 spiro atoms. The molecule has 0 fully saturated rings. The summed E-state index contributed by atoms with van der Waals surface area (Å²) in [5.41, 5.74) is 2.19. The Morgan fingerprint density at radius 1 is 1.38 bits per heavy atom. The van der Waals surface area contributed by atoms with E-state index in [4.69, 9.17) is 17.4 Å². The van der Waals surface area contributed by atoms with Crippen LogP contribution in [-0.2, 0) is 4.79 Å². The van der Waals surface area contributed by atoms with Gasteiger partial charge >= 0.3 is 0 Å². The molecule has 0 aliphatic carbocycles. The molecule has 0 aliphatic heterocycles. The highest BCUT2D eigenvalue weighted by Crippen LogP contribution is 2.29. The number of carbonyl (C=O) groups excluding carboxylic acids is 1. The average molecular weight is 259 g/mol. The summed E-state index contributed by atoms with van der Waals surface area (Å²) >= 11 is 7.28. The first-order valence-corrected chi connectivity index (χ1v) is 6.23. The van der Waals surface area contributed by atoms with Gasteiger partial charge in [-0.05, 0) is 30.2 Å². The van der Waals surface area contributed by atoms with Gasteiger partial charge in [-0.25, -0.2) is 5.84 Å². The third-order valence-corrected chi connectivity index (χ3v) is 3.89. The molecule has 5 heteroatoms. The van der Waals surface area contributed by atoms with Crippen LogP contribution in [0.3, 0.4) is 0 Å². The molecule has 3 nitrogen and oxygen atoms in total. The first kappa shape index (κ1) is 13.4. The van der Waals surface area contributed by atoms with Crippen molar-refractivity contribution in [3.8, 4) is 0 Å². The van der Waals surface area contributed by atoms with E-state index >= 15 is 0 Å². The Bertz CT molecular complexity index is 354. The molecule has 1 atom stereocenters. The van der Waals surface area contributed by atoms with Crippen molar-refractivity contribution in [3.63, 3.8) is 0 Å². The predicted octanol–water partition coefficient (Wildman–Crippen LogP) is 2.45. The van der Waals surface area contributed by atoms with Crippen molar-refractivity contribution in [2.24, 2.45) is 11.8 Å². The van der Waals surface area contributed by atoms with Crippen molar-refractivity contribution < 1.29 is 4.79 Å². The number of nitrogens with two attached hydrogens (primary N) is 1. The van der Waals surface area contributed by atoms with Crippen molar-refractivity contribution in [3.05, 3.63) is 29.3 Å². The average Bonchev–Trinajstić information content (AvgIpc) is 2.27. The predicted molar refractivity (Wildman–Crippen MR) is 68.3 cm³/mol. The molecule has 0 saturated heterocycles. The number of halogens is 1. The monoisotopic (exact) mass is 258 g/mol. The van der Waals surface area contributed by atoms with E-state index in [0.717, 1.165) is 4.90 Å². The van der Waals surface area contributed by atoms with E-state index in [0.29, 0.717) is 5.02 Å². The van der Waals surface area contributed by atoms with Crippen LogP contribution in [0, 0.1) is 5.92 Å². The zero-order valence-electron chi connectivity index (χ0n) is 9.24. The van der Waals surface area contributed by atoms with Crippen LogP contribution in [0.4, 0.5) is 0 Å². The molecular weight excluding hydrogens is 244 g/mol. The summed E-state index contributed by atoms with van der Waals surface area (Å²) in [6.45, 7) is 3.98. The maximum Gasteiger partial charge on any atom is 0.247 e. The topological polar surface area (TPSA) is 55.1 Å². The number of hydrazine groups is 1. The van der Waals surface area contributed by atoms with Gasteiger partial charge in [0.2, 0.25) is 5.91 Å². The van der Waals surface area contributed by atoms with E-state index in [9.17, 15) is 4.79 Å². The lowest BCUT2D eigenvalue weighted by molar-refractivity contribution is -0.121. The van der Waals surface area contributed by atoms with Gasteiger partial charge in [-0.15, -0.1) is 11.8 Å². The highest BCUT2D eigenvalue weighted by Gasteiger charge is 2.22. The van der Waals surface area contributed by atoms with Gasteiger partial charge < -0.3 is 0 Å². The Morgan fingerprint density at radius 3 is 2.38 bits per heavy atom. The van der Waals surface area contributed by atoms with E-state index in [1.807, 2.05) is 38.1 Å². The highest BCUT2D eigenvalue weighted by atomic mass is 35.5. The van der Waals surface area contributed by atoms with Gasteiger partial charge in [0.05, 0.1) is 5.25 Å². The van der Waals surface area contributed by atoms with Gasteiger partial charge in [-0.1, -0.05) is 25.4 Å². The van der Waals surface area contributed by atoms with E-state index in [1.165, 1.54) is 11.8 Å². The van der Waals surface area contributed by atoms with E-state index < -0.39 is 0 Å². The molecule has 1 amide bonds. The fourth-order valence-corrected chi connectivity index (χ4v) is 2.39. The van der Waals surface area contributed by atoms with Crippen molar-refractivity contribution in [1.29, 1.82) is 0 Å². The van der Waals surface area contributed by atoms with Crippen LogP contribution < -0.4 is 11.3 Å². The number of rotatable bonds is 4. The number of hydrogen-bond acceptors (Lipinski definition) is 3. The third kappa shape index (κ3) is 3.70. The number of nitrogens with one attached hydrogen (secondary N) is 1. The van der Waals surface area contributed by atoms with Gasteiger partial charge in [0, 0.05) is 9.92 Å². The lowest BCUT2D eigenvalue weighted by atomic mass is 10.1. The van der Waals surface area contributed by atoms with Gasteiger partial charge in [0.1, 0.15) is 0 Å². The van der Waals surface area contributed by atoms with Gasteiger partial charge in [0.25, 0.3) is 0 Å². The molecule has 1 aromatic rings. The van der Waals surface area contributed by atoms with Crippen molar-refractivity contribution >= 4 is 29.3 Å². The second-order valence-corrected chi connectivity index (χ2v) is 5.40. The van der Waals surface area contributed by atoms with E-state index in [-0.39, 0.29) is 17.1 Å². The molecule has 0 radical (unpaired) electrons. The molecule has 1 rings (SSSR count). The number of amides is 1. The summed E-state index contributed by atoms with van der Waals surface area (Å²) in [4.78, 5) is 12.5. The number of carbonyl (C=O) groups is 1. The minimum atomic E-state index is -0.189. The minimum absolute atomic E-state index is 0.157. The van der Waals surface area contributed by atoms with Crippen LogP contribution in [0.5, 0.6) is 0 Å². The smallest absolute Gasteiger partial charge is 0.247 e. The second kappa shape index (κ2) is 6.13. The Balaban J connectivity index is 2.75. The van der Waals surface area contributed by atoms with E-state index in [1.54, 1.807) is 0 Å². The number of benzene rings is 1. The second-order valence-electron chi connectivity index (χ2n) is 3.74. The number of thioether (sulfide) groups is 1. The standard InChI is InChI=1S/C11H15ClN2OS/c1-7(2)10(11(15)14-13)16-9-5-3-8(12)4-6-9/h3-7,10H,13H2,1-2H3,(H,14,15). The largest absolute Gasteiger partial charge is 0.293 e. The maximum absolute atomic E-state index is 11.5. The van der Waals surface area contributed by atoms with Crippen LogP contribution >= 0.6 is 23.4 Å². The van der Waals surface area contributed by atoms with Crippen LogP contribution in [0.1, 0.15) is 13.8 Å². The highest BCUT2D eigenvalue weighted by molar-refractivity contribution is 8.00. The molecule has 1 aromatic carbocycles.